The van der Waals surface area contributed by atoms with Gasteiger partial charge < -0.3 is 4.74 Å². The van der Waals surface area contributed by atoms with E-state index in [1.807, 2.05) is 18.2 Å². The molecule has 0 radical (unpaired) electrons. The lowest BCUT2D eigenvalue weighted by Gasteiger charge is -2.25. The van der Waals surface area contributed by atoms with E-state index in [1.165, 1.54) is 6.33 Å². The van der Waals surface area contributed by atoms with Gasteiger partial charge in [-0.1, -0.05) is 45.2 Å². The van der Waals surface area contributed by atoms with Crippen molar-refractivity contribution in [2.45, 2.75) is 19.1 Å². The molecule has 0 saturated heterocycles. The Kier molecular flexibility index (Phi) is 5.08. The minimum absolute atomic E-state index is 0.124. The average molecular weight is 468 g/mol. The molecule has 138 valence electrons. The van der Waals surface area contributed by atoms with Gasteiger partial charge in [0.15, 0.2) is 0 Å². The van der Waals surface area contributed by atoms with E-state index in [-0.39, 0.29) is 25.0 Å². The third-order valence-electron chi connectivity index (χ3n) is 4.26. The Morgan fingerprint density at radius 2 is 2.04 bits per heavy atom. The number of carbonyl (C=O) groups excluding carboxylic acids is 1. The van der Waals surface area contributed by atoms with Gasteiger partial charge in [0.05, 0.1) is 12.5 Å². The van der Waals surface area contributed by atoms with Crippen LogP contribution < -0.4 is 10.1 Å². The summed E-state index contributed by atoms with van der Waals surface area (Å²) < 4.78 is 8.58. The quantitative estimate of drug-likeness (QED) is 0.594. The molecule has 2 heterocycles. The molecule has 0 saturated carbocycles. The van der Waals surface area contributed by atoms with Crippen LogP contribution in [0.1, 0.15) is 23.6 Å². The second-order valence-corrected chi connectivity index (χ2v) is 7.70. The average Bonchev–Trinajstić information content (AvgIpc) is 3.10. The highest BCUT2D eigenvalue weighted by Crippen LogP contribution is 2.37. The van der Waals surface area contributed by atoms with Crippen LogP contribution in [0.4, 0.5) is 5.95 Å². The lowest BCUT2D eigenvalue weighted by Crippen LogP contribution is -2.29. The number of aromatic nitrogens is 3. The number of nitrogens with zero attached hydrogens (tertiary/aromatic N) is 3. The first-order valence-electron chi connectivity index (χ1n) is 8.07. The highest BCUT2D eigenvalue weighted by molar-refractivity contribution is 9.10. The van der Waals surface area contributed by atoms with Gasteiger partial charge in [0, 0.05) is 25.6 Å². The van der Waals surface area contributed by atoms with Gasteiger partial charge in [0.2, 0.25) is 11.9 Å². The normalized spacial score (nSPS) is 16.0. The largest absolute Gasteiger partial charge is 0.488 e. The zero-order valence-corrected chi connectivity index (χ0v) is 16.9. The minimum Gasteiger partial charge on any atom is -0.488 e. The summed E-state index contributed by atoms with van der Waals surface area (Å²) in [6.07, 6.45) is 1.64. The van der Waals surface area contributed by atoms with Gasteiger partial charge in [-0.05, 0) is 30.3 Å². The maximum absolute atomic E-state index is 12.1. The monoisotopic (exact) mass is 466 g/mol. The molecule has 1 aromatic heterocycles. The van der Waals surface area contributed by atoms with Crippen molar-refractivity contribution in [2.24, 2.45) is 0 Å². The number of ether oxygens (including phenoxy) is 1. The molecule has 0 aliphatic carbocycles. The number of rotatable bonds is 4. The number of amides is 1. The van der Waals surface area contributed by atoms with E-state index in [9.17, 15) is 4.79 Å². The molecule has 9 heteroatoms. The molecule has 1 amide bonds. The van der Waals surface area contributed by atoms with Crippen LogP contribution in [0.25, 0.3) is 0 Å². The van der Waals surface area contributed by atoms with Crippen molar-refractivity contribution >= 4 is 51.0 Å². The summed E-state index contributed by atoms with van der Waals surface area (Å²) in [5, 5.41) is 8.03. The number of carbonyl (C=O) groups is 1. The van der Waals surface area contributed by atoms with E-state index in [2.05, 4.69) is 31.3 Å². The van der Waals surface area contributed by atoms with Crippen molar-refractivity contribution in [3.63, 3.8) is 0 Å². The summed E-state index contributed by atoms with van der Waals surface area (Å²) in [5.41, 5.74) is 1.52. The topological polar surface area (TPSA) is 69.0 Å². The first kappa shape index (κ1) is 18.3. The number of hydrogen-bond donors (Lipinski definition) is 1. The molecule has 2 aromatic carbocycles. The maximum Gasteiger partial charge on any atom is 0.229 e. The first-order chi connectivity index (χ1) is 13.0. The highest BCUT2D eigenvalue weighted by atomic mass is 79.9. The fourth-order valence-electron chi connectivity index (χ4n) is 2.98. The fourth-order valence-corrected chi connectivity index (χ4v) is 3.86. The lowest BCUT2D eigenvalue weighted by molar-refractivity contribution is -0.117. The SMILES string of the molecule is O=C1CC(c2cc(Br)ccc2OCc2c(Cl)cccc2Cl)n2ncnc2N1. The molecule has 1 atom stereocenters. The van der Waals surface area contributed by atoms with Crippen molar-refractivity contribution in [2.75, 3.05) is 5.32 Å². The van der Waals surface area contributed by atoms with Gasteiger partial charge in [0.1, 0.15) is 18.7 Å². The van der Waals surface area contributed by atoms with E-state index >= 15 is 0 Å². The zero-order valence-electron chi connectivity index (χ0n) is 13.8. The van der Waals surface area contributed by atoms with E-state index in [4.69, 9.17) is 27.9 Å². The molecule has 6 nitrogen and oxygen atoms in total. The van der Waals surface area contributed by atoms with Crippen LogP contribution in [-0.4, -0.2) is 20.7 Å². The molecular weight excluding hydrogens is 455 g/mol. The lowest BCUT2D eigenvalue weighted by atomic mass is 10.0. The van der Waals surface area contributed by atoms with Gasteiger partial charge in [-0.3, -0.25) is 10.1 Å². The molecule has 1 aliphatic rings. The van der Waals surface area contributed by atoms with Crippen LogP contribution in [0.3, 0.4) is 0 Å². The number of benzene rings is 2. The van der Waals surface area contributed by atoms with Gasteiger partial charge in [0.25, 0.3) is 0 Å². The van der Waals surface area contributed by atoms with E-state index < -0.39 is 0 Å². The summed E-state index contributed by atoms with van der Waals surface area (Å²) in [5.74, 6) is 0.909. The number of halogens is 3. The van der Waals surface area contributed by atoms with Crippen molar-refractivity contribution in [1.82, 2.24) is 14.8 Å². The second kappa shape index (κ2) is 7.50. The molecule has 0 fully saturated rings. The predicted molar refractivity (Wildman–Crippen MR) is 106 cm³/mol. The summed E-state index contributed by atoms with van der Waals surface area (Å²) in [6, 6.07) is 10.6. The smallest absolute Gasteiger partial charge is 0.229 e. The number of hydrogen-bond acceptors (Lipinski definition) is 4. The van der Waals surface area contributed by atoms with Crippen molar-refractivity contribution < 1.29 is 9.53 Å². The molecule has 1 N–H and O–H groups in total. The number of nitrogens with one attached hydrogen (secondary N) is 1. The van der Waals surface area contributed by atoms with E-state index in [1.54, 1.807) is 22.9 Å². The van der Waals surface area contributed by atoms with Crippen LogP contribution in [-0.2, 0) is 11.4 Å². The van der Waals surface area contributed by atoms with E-state index in [0.717, 1.165) is 10.0 Å². The Morgan fingerprint density at radius 3 is 2.81 bits per heavy atom. The van der Waals surface area contributed by atoms with Crippen molar-refractivity contribution in [1.29, 1.82) is 0 Å². The molecule has 1 aliphatic heterocycles. The second-order valence-electron chi connectivity index (χ2n) is 5.97. The molecule has 3 aromatic rings. The number of fused-ring (bicyclic) bond motifs is 1. The zero-order chi connectivity index (χ0) is 19.0. The van der Waals surface area contributed by atoms with Crippen LogP contribution in [0.15, 0.2) is 47.2 Å². The van der Waals surface area contributed by atoms with Crippen LogP contribution in [0.2, 0.25) is 10.0 Å². The van der Waals surface area contributed by atoms with Crippen molar-refractivity contribution in [3.8, 4) is 5.75 Å². The number of anilines is 1. The molecular formula is C18H13BrCl2N4O2. The molecule has 27 heavy (non-hydrogen) atoms. The van der Waals surface area contributed by atoms with Crippen LogP contribution in [0.5, 0.6) is 5.75 Å². The summed E-state index contributed by atoms with van der Waals surface area (Å²) in [6.45, 7) is 0.205. The standard InChI is InChI=1S/C18H13BrCl2N4O2/c19-10-4-5-16(27-8-12-13(20)2-1-3-14(12)21)11(6-10)15-7-17(26)24-18-22-9-23-25(15)18/h1-6,9,15H,7-8H2,(H,22,23,24,26). The Labute approximate surface area is 173 Å². The molecule has 1 unspecified atom stereocenters. The minimum atomic E-state index is -0.328. The van der Waals surface area contributed by atoms with Crippen molar-refractivity contribution in [3.05, 3.63) is 68.4 Å². The van der Waals surface area contributed by atoms with Crippen LogP contribution >= 0.6 is 39.1 Å². The molecule has 4 rings (SSSR count). The maximum atomic E-state index is 12.1. The highest BCUT2D eigenvalue weighted by Gasteiger charge is 2.30. The van der Waals surface area contributed by atoms with Gasteiger partial charge in [-0.15, -0.1) is 0 Å². The predicted octanol–water partition coefficient (Wildman–Crippen LogP) is 4.86. The summed E-state index contributed by atoms with van der Waals surface area (Å²) in [4.78, 5) is 16.2. The Bertz CT molecular complexity index is 1000. The first-order valence-corrected chi connectivity index (χ1v) is 9.62. The fraction of sp³-hybridized carbons (Fsp3) is 0.167. The Morgan fingerprint density at radius 1 is 1.26 bits per heavy atom. The molecule has 0 spiro atoms. The summed E-state index contributed by atoms with van der Waals surface area (Å²) >= 11 is 16.0. The van der Waals surface area contributed by atoms with E-state index in [0.29, 0.717) is 27.3 Å². The molecule has 0 bridgehead atoms. The van der Waals surface area contributed by atoms with Gasteiger partial charge in [-0.2, -0.15) is 10.1 Å². The Hall–Kier alpha value is -2.09. The third kappa shape index (κ3) is 3.67. The third-order valence-corrected chi connectivity index (χ3v) is 5.46. The summed E-state index contributed by atoms with van der Waals surface area (Å²) in [7, 11) is 0. The van der Waals surface area contributed by atoms with Gasteiger partial charge >= 0.3 is 0 Å². The van der Waals surface area contributed by atoms with Gasteiger partial charge in [-0.25, -0.2) is 4.68 Å². The van der Waals surface area contributed by atoms with Crippen LogP contribution in [0, 0.1) is 0 Å². The Balaban J connectivity index is 1.69.